The zero-order valence-corrected chi connectivity index (χ0v) is 19.1. The normalized spacial score (nSPS) is 23.5. The van der Waals surface area contributed by atoms with E-state index >= 15 is 0 Å². The van der Waals surface area contributed by atoms with Gasteiger partial charge >= 0.3 is 12.1 Å². The highest BCUT2D eigenvalue weighted by Gasteiger charge is 2.52. The largest absolute Gasteiger partial charge is 0.462 e. The molecule has 154 valence electrons. The van der Waals surface area contributed by atoms with Crippen molar-refractivity contribution >= 4 is 32.7 Å². The topological polar surface area (TPSA) is 65.1 Å². The summed E-state index contributed by atoms with van der Waals surface area (Å²) in [5, 5.41) is -0.0948. The van der Waals surface area contributed by atoms with E-state index < -0.39 is 26.8 Å². The van der Waals surface area contributed by atoms with Crippen molar-refractivity contribution in [2.45, 2.75) is 52.9 Å². The van der Waals surface area contributed by atoms with E-state index in [4.69, 9.17) is 25.5 Å². The molecule has 0 saturated carbocycles. The number of halogens is 1. The van der Waals surface area contributed by atoms with Crippen LogP contribution < -0.4 is 0 Å². The van der Waals surface area contributed by atoms with Crippen molar-refractivity contribution in [2.75, 3.05) is 19.8 Å². The van der Waals surface area contributed by atoms with Gasteiger partial charge in [-0.25, -0.2) is 9.59 Å². The summed E-state index contributed by atoms with van der Waals surface area (Å²) in [4.78, 5) is 26.4. The van der Waals surface area contributed by atoms with Gasteiger partial charge in [0.2, 0.25) is 0 Å². The van der Waals surface area contributed by atoms with Crippen LogP contribution in [0.15, 0.2) is 23.8 Å². The first-order chi connectivity index (χ1) is 12.5. The van der Waals surface area contributed by atoms with Gasteiger partial charge in [-0.1, -0.05) is 45.0 Å². The molecule has 1 fully saturated rings. The molecule has 27 heavy (non-hydrogen) atoms. The van der Waals surface area contributed by atoms with Gasteiger partial charge in [0.15, 0.2) is 14.8 Å². The van der Waals surface area contributed by atoms with E-state index in [0.717, 1.165) is 0 Å². The Morgan fingerprint density at radius 1 is 1.33 bits per heavy atom. The quantitative estimate of drug-likeness (QED) is 0.270. The van der Waals surface area contributed by atoms with Gasteiger partial charge in [-0.15, -0.1) is 0 Å². The van der Waals surface area contributed by atoms with Crippen molar-refractivity contribution in [3.05, 3.63) is 23.8 Å². The first-order valence-electron chi connectivity index (χ1n) is 9.25. The van der Waals surface area contributed by atoms with Crippen molar-refractivity contribution in [1.29, 1.82) is 0 Å². The highest BCUT2D eigenvalue weighted by molar-refractivity contribution is 6.48. The van der Waals surface area contributed by atoms with Gasteiger partial charge in [0, 0.05) is 13.0 Å². The van der Waals surface area contributed by atoms with Crippen LogP contribution in [0.3, 0.4) is 0 Å². The van der Waals surface area contributed by atoms with E-state index in [1.807, 2.05) is 13.1 Å². The van der Waals surface area contributed by atoms with Crippen molar-refractivity contribution in [3.8, 4) is 0 Å². The third-order valence-electron chi connectivity index (χ3n) is 4.43. The van der Waals surface area contributed by atoms with Crippen LogP contribution in [-0.4, -0.2) is 51.5 Å². The van der Waals surface area contributed by atoms with Crippen molar-refractivity contribution in [3.63, 3.8) is 0 Å². The number of likely N-dealkylation sites (tertiary alicyclic amines) is 1. The van der Waals surface area contributed by atoms with E-state index in [2.05, 4.69) is 27.4 Å². The van der Waals surface area contributed by atoms with Crippen LogP contribution in [0.2, 0.25) is 13.1 Å². The summed E-state index contributed by atoms with van der Waals surface area (Å²) in [7, 11) is -1.61. The number of carbonyl (C=O) groups excluding carboxylic acids is 2. The minimum absolute atomic E-state index is 0.0646. The number of hydrogen-bond donors (Lipinski definition) is 0. The number of nitrogens with zero attached hydrogens (tertiary/aromatic N) is 1. The van der Waals surface area contributed by atoms with E-state index in [-0.39, 0.29) is 29.6 Å². The summed E-state index contributed by atoms with van der Waals surface area (Å²) in [6.45, 7) is 16.4. The molecule has 1 heterocycles. The average molecular weight is 418 g/mol. The number of esters is 1. The lowest BCUT2D eigenvalue weighted by molar-refractivity contribution is -0.138. The van der Waals surface area contributed by atoms with Gasteiger partial charge in [0.25, 0.3) is 0 Å². The average Bonchev–Trinajstić information content (AvgIpc) is 2.91. The Balaban J connectivity index is 3.38. The number of carbonyl (C=O) groups is 2. The van der Waals surface area contributed by atoms with E-state index in [0.29, 0.717) is 13.0 Å². The predicted octanol–water partition coefficient (Wildman–Crippen LogP) is 4.06. The number of amides is 1. The lowest BCUT2D eigenvalue weighted by Crippen LogP contribution is -2.50. The molecular weight excluding hydrogens is 386 g/mol. The summed E-state index contributed by atoms with van der Waals surface area (Å²) in [6.07, 6.45) is 3.04. The highest BCUT2D eigenvalue weighted by Crippen LogP contribution is 2.45. The second-order valence-electron chi connectivity index (χ2n) is 7.97. The Morgan fingerprint density at radius 3 is 2.44 bits per heavy atom. The third-order valence-corrected chi connectivity index (χ3v) is 5.57. The van der Waals surface area contributed by atoms with Crippen LogP contribution in [0.1, 0.15) is 34.1 Å². The van der Waals surface area contributed by atoms with E-state index in [1.165, 1.54) is 12.2 Å². The summed E-state index contributed by atoms with van der Waals surface area (Å²) < 4.78 is 16.6. The van der Waals surface area contributed by atoms with Gasteiger partial charge in [-0.05, 0) is 37.4 Å². The fraction of sp³-hybridized carbons (Fsp3) is 0.684. The lowest BCUT2D eigenvalue weighted by atomic mass is 9.79. The smallest absolute Gasteiger partial charge is 0.412 e. The molecular formula is C19H32ClNO5Si. The van der Waals surface area contributed by atoms with Gasteiger partial charge in [0.05, 0.1) is 6.61 Å². The molecule has 1 amide bonds. The maximum atomic E-state index is 12.8. The number of rotatable bonds is 7. The van der Waals surface area contributed by atoms with Crippen LogP contribution in [0.25, 0.3) is 0 Å². The molecule has 1 aliphatic heterocycles. The molecule has 0 unspecified atom stereocenters. The number of hydrogen-bond acceptors (Lipinski definition) is 5. The third kappa shape index (κ3) is 6.36. The summed E-state index contributed by atoms with van der Waals surface area (Å²) in [6, 6.07) is 0. The Kier molecular flexibility index (Phi) is 8.57. The molecule has 1 rings (SSSR count). The summed E-state index contributed by atoms with van der Waals surface area (Å²) in [5.74, 6) is -0.490. The predicted molar refractivity (Wildman–Crippen MR) is 109 cm³/mol. The van der Waals surface area contributed by atoms with Gasteiger partial charge in [-0.2, -0.15) is 0 Å². The molecule has 1 saturated heterocycles. The fourth-order valence-corrected chi connectivity index (χ4v) is 4.40. The van der Waals surface area contributed by atoms with Crippen molar-refractivity contribution in [2.24, 2.45) is 11.3 Å². The zero-order chi connectivity index (χ0) is 20.8. The van der Waals surface area contributed by atoms with Crippen molar-refractivity contribution < 1.29 is 23.5 Å². The summed E-state index contributed by atoms with van der Waals surface area (Å²) >= 11 is 6.23. The van der Waals surface area contributed by atoms with Gasteiger partial charge in [-0.3, -0.25) is 4.90 Å². The van der Waals surface area contributed by atoms with Crippen molar-refractivity contribution in [1.82, 2.24) is 4.90 Å². The van der Waals surface area contributed by atoms with E-state index in [1.54, 1.807) is 11.8 Å². The molecule has 6 nitrogen and oxygen atoms in total. The highest BCUT2D eigenvalue weighted by atomic mass is 35.5. The summed E-state index contributed by atoms with van der Waals surface area (Å²) in [5.41, 5.74) is -1.19. The lowest BCUT2D eigenvalue weighted by Gasteiger charge is -2.37. The Hall–Kier alpha value is -1.31. The molecule has 2 atom stereocenters. The van der Waals surface area contributed by atoms with Crippen LogP contribution in [-0.2, 0) is 18.7 Å². The second-order valence-corrected chi connectivity index (χ2v) is 10.7. The zero-order valence-electron chi connectivity index (χ0n) is 17.2. The maximum absolute atomic E-state index is 12.8. The van der Waals surface area contributed by atoms with Crippen LogP contribution in [0.5, 0.6) is 0 Å². The minimum Gasteiger partial charge on any atom is -0.462 e. The Morgan fingerprint density at radius 2 is 1.96 bits per heavy atom. The first-order valence-corrected chi connectivity index (χ1v) is 12.4. The molecule has 0 bridgehead atoms. The van der Waals surface area contributed by atoms with Crippen LogP contribution in [0, 0.1) is 11.3 Å². The molecule has 0 aliphatic carbocycles. The molecule has 0 aromatic carbocycles. The molecule has 0 aromatic rings. The molecule has 8 heteroatoms. The first kappa shape index (κ1) is 23.7. The van der Waals surface area contributed by atoms with Gasteiger partial charge < -0.3 is 13.9 Å². The minimum atomic E-state index is -1.61. The monoisotopic (exact) mass is 417 g/mol. The molecule has 0 N–H and O–H groups in total. The Bertz CT molecular complexity index is 587. The molecule has 0 spiro atoms. The SMILES string of the molecule is C=CCOC(=O)N1C[C@@H](C(C)(C)C)C[C@@]1(C=C(Cl)C(=O)OCC)O[SiH](C)C. The standard InChI is InChI=1S/C19H32ClNO5Si/c1-8-10-25-17(23)21-13-14(18(3,4)5)11-19(21,26-27(6)7)12-15(20)16(22)24-9-2/h8,12,14,27H,1,9-11,13H2,2-7H3/t14-,19-/m0/s1. The second kappa shape index (κ2) is 9.75. The molecule has 0 aromatic heterocycles. The van der Waals surface area contributed by atoms with Gasteiger partial charge in [0.1, 0.15) is 11.6 Å². The maximum Gasteiger partial charge on any atom is 0.412 e. The Labute approximate surface area is 169 Å². The van der Waals surface area contributed by atoms with Crippen LogP contribution >= 0.6 is 11.6 Å². The fourth-order valence-electron chi connectivity index (χ4n) is 3.07. The molecule has 0 radical (unpaired) electrons. The number of ether oxygens (including phenoxy) is 2. The van der Waals surface area contributed by atoms with Crippen LogP contribution in [0.4, 0.5) is 4.79 Å². The van der Waals surface area contributed by atoms with E-state index in [9.17, 15) is 9.59 Å². The molecule has 1 aliphatic rings.